The third-order valence-corrected chi connectivity index (χ3v) is 4.59. The van der Waals surface area contributed by atoms with Crippen molar-refractivity contribution in [2.24, 2.45) is 0 Å². The number of carbonyl (C=O) groups is 2. The van der Waals surface area contributed by atoms with Gasteiger partial charge in [-0.3, -0.25) is 4.79 Å². The Hall–Kier alpha value is -3.03. The van der Waals surface area contributed by atoms with Gasteiger partial charge in [-0.05, 0) is 35.2 Å². The minimum Gasteiger partial charge on any atom is -0.336 e. The zero-order valence-corrected chi connectivity index (χ0v) is 15.1. The number of nitrogens with one attached hydrogen (secondary N) is 2. The van der Waals surface area contributed by atoms with Crippen LogP contribution in [0.5, 0.6) is 0 Å². The predicted octanol–water partition coefficient (Wildman–Crippen LogP) is 3.09. The molecule has 2 aromatic carbocycles. The molecular formula is C20H20F3N3O2. The Morgan fingerprint density at radius 3 is 2.50 bits per heavy atom. The number of nitrogens with zero attached hydrogens (tertiary/aromatic N) is 1. The first-order chi connectivity index (χ1) is 13.3. The lowest BCUT2D eigenvalue weighted by Gasteiger charge is -2.29. The monoisotopic (exact) mass is 391 g/mol. The van der Waals surface area contributed by atoms with Crippen LogP contribution in [0, 0.1) is 0 Å². The van der Waals surface area contributed by atoms with E-state index in [-0.39, 0.29) is 19.0 Å². The molecule has 0 radical (unpaired) electrons. The zero-order chi connectivity index (χ0) is 20.1. The van der Waals surface area contributed by atoms with E-state index in [2.05, 4.69) is 10.6 Å². The van der Waals surface area contributed by atoms with Crippen molar-refractivity contribution in [2.75, 3.05) is 13.1 Å². The highest BCUT2D eigenvalue weighted by molar-refractivity contribution is 5.84. The Balaban J connectivity index is 1.45. The molecule has 0 saturated heterocycles. The molecule has 148 valence electrons. The molecule has 1 heterocycles. The minimum atomic E-state index is -4.43. The molecule has 0 saturated carbocycles. The first-order valence-corrected chi connectivity index (χ1v) is 8.85. The van der Waals surface area contributed by atoms with Gasteiger partial charge >= 0.3 is 12.2 Å². The van der Waals surface area contributed by atoms with E-state index in [9.17, 15) is 22.8 Å². The summed E-state index contributed by atoms with van der Waals surface area (Å²) in [6.45, 7) is 0.851. The molecule has 0 fully saturated rings. The van der Waals surface area contributed by atoms with Crippen molar-refractivity contribution in [2.45, 2.75) is 25.7 Å². The highest BCUT2D eigenvalue weighted by Crippen LogP contribution is 2.29. The van der Waals surface area contributed by atoms with Crippen LogP contribution >= 0.6 is 0 Å². The van der Waals surface area contributed by atoms with Gasteiger partial charge in [0.25, 0.3) is 0 Å². The lowest BCUT2D eigenvalue weighted by atomic mass is 10.00. The standard InChI is InChI=1S/C20H20F3N3O2/c21-20(22,23)17-7-3-4-14(10-17)11-24-19(28)25-12-18(27)26-9-8-15-5-1-2-6-16(15)13-26/h1-7,10H,8-9,11-13H2,(H2,24,25,28). The molecular weight excluding hydrogens is 371 g/mol. The zero-order valence-electron chi connectivity index (χ0n) is 15.1. The Morgan fingerprint density at radius 1 is 1.00 bits per heavy atom. The Morgan fingerprint density at radius 2 is 1.75 bits per heavy atom. The van der Waals surface area contributed by atoms with Crippen LogP contribution in [0.4, 0.5) is 18.0 Å². The van der Waals surface area contributed by atoms with Crippen molar-refractivity contribution in [3.05, 3.63) is 70.8 Å². The summed E-state index contributed by atoms with van der Waals surface area (Å²) >= 11 is 0. The molecule has 0 bridgehead atoms. The van der Waals surface area contributed by atoms with E-state index in [1.54, 1.807) is 4.90 Å². The summed E-state index contributed by atoms with van der Waals surface area (Å²) in [5, 5.41) is 4.92. The normalized spacial score (nSPS) is 13.6. The van der Waals surface area contributed by atoms with Gasteiger partial charge in [-0.15, -0.1) is 0 Å². The maximum absolute atomic E-state index is 12.7. The summed E-state index contributed by atoms with van der Waals surface area (Å²) in [5.74, 6) is -0.205. The first-order valence-electron chi connectivity index (χ1n) is 8.85. The fraction of sp³-hybridized carbons (Fsp3) is 0.300. The quantitative estimate of drug-likeness (QED) is 0.842. The van der Waals surface area contributed by atoms with Crippen LogP contribution in [0.25, 0.3) is 0 Å². The van der Waals surface area contributed by atoms with Crippen molar-refractivity contribution >= 4 is 11.9 Å². The maximum atomic E-state index is 12.7. The van der Waals surface area contributed by atoms with E-state index in [1.807, 2.05) is 24.3 Å². The number of halogens is 3. The van der Waals surface area contributed by atoms with E-state index in [0.717, 1.165) is 24.1 Å². The van der Waals surface area contributed by atoms with Crippen LogP contribution in [0.1, 0.15) is 22.3 Å². The van der Waals surface area contributed by atoms with Crippen molar-refractivity contribution in [3.63, 3.8) is 0 Å². The molecule has 0 aromatic heterocycles. The molecule has 3 rings (SSSR count). The van der Waals surface area contributed by atoms with E-state index in [1.165, 1.54) is 17.7 Å². The molecule has 2 aromatic rings. The average molecular weight is 391 g/mol. The van der Waals surface area contributed by atoms with Crippen LogP contribution in [-0.4, -0.2) is 29.9 Å². The Kier molecular flexibility index (Phi) is 5.87. The van der Waals surface area contributed by atoms with Gasteiger partial charge in [0.2, 0.25) is 5.91 Å². The molecule has 0 aliphatic carbocycles. The number of hydrogen-bond acceptors (Lipinski definition) is 2. The van der Waals surface area contributed by atoms with Crippen LogP contribution in [0.2, 0.25) is 0 Å². The van der Waals surface area contributed by atoms with Gasteiger partial charge in [-0.25, -0.2) is 4.79 Å². The fourth-order valence-electron chi connectivity index (χ4n) is 3.08. The molecule has 5 nitrogen and oxygen atoms in total. The van der Waals surface area contributed by atoms with Gasteiger partial charge in [0.15, 0.2) is 0 Å². The Bertz CT molecular complexity index is 868. The number of fused-ring (bicyclic) bond motifs is 1. The second-order valence-electron chi connectivity index (χ2n) is 6.57. The third-order valence-electron chi connectivity index (χ3n) is 4.59. The summed E-state index contributed by atoms with van der Waals surface area (Å²) in [6.07, 6.45) is -3.67. The van der Waals surface area contributed by atoms with Gasteiger partial charge in [0.1, 0.15) is 0 Å². The summed E-state index contributed by atoms with van der Waals surface area (Å²) < 4.78 is 38.1. The summed E-state index contributed by atoms with van der Waals surface area (Å²) in [7, 11) is 0. The smallest absolute Gasteiger partial charge is 0.336 e. The minimum absolute atomic E-state index is 0.0684. The van der Waals surface area contributed by atoms with Gasteiger partial charge in [-0.1, -0.05) is 36.4 Å². The van der Waals surface area contributed by atoms with E-state index in [4.69, 9.17) is 0 Å². The highest BCUT2D eigenvalue weighted by Gasteiger charge is 2.30. The van der Waals surface area contributed by atoms with Crippen LogP contribution in [0.3, 0.4) is 0 Å². The van der Waals surface area contributed by atoms with Crippen molar-refractivity contribution in [3.8, 4) is 0 Å². The van der Waals surface area contributed by atoms with Crippen molar-refractivity contribution in [1.82, 2.24) is 15.5 Å². The maximum Gasteiger partial charge on any atom is 0.416 e. The van der Waals surface area contributed by atoms with Gasteiger partial charge in [0.05, 0.1) is 12.1 Å². The summed E-state index contributed by atoms with van der Waals surface area (Å²) in [6, 6.07) is 12.0. The number of urea groups is 1. The number of rotatable bonds is 4. The first kappa shape index (κ1) is 19.7. The molecule has 2 N–H and O–H groups in total. The second-order valence-corrected chi connectivity index (χ2v) is 6.57. The SMILES string of the molecule is O=C(NCC(=O)N1CCc2ccccc2C1)NCc1cccc(C(F)(F)F)c1. The van der Waals surface area contributed by atoms with Crippen LogP contribution in [-0.2, 0) is 30.5 Å². The largest absolute Gasteiger partial charge is 0.416 e. The van der Waals surface area contributed by atoms with Gasteiger partial charge < -0.3 is 15.5 Å². The lowest BCUT2D eigenvalue weighted by molar-refractivity contribution is -0.137. The summed E-state index contributed by atoms with van der Waals surface area (Å²) in [5.41, 5.74) is 1.87. The molecule has 3 amide bonds. The molecule has 8 heteroatoms. The van der Waals surface area contributed by atoms with E-state index in [0.29, 0.717) is 18.7 Å². The number of hydrogen-bond donors (Lipinski definition) is 2. The molecule has 0 spiro atoms. The van der Waals surface area contributed by atoms with Crippen LogP contribution in [0.15, 0.2) is 48.5 Å². The third kappa shape index (κ3) is 5.03. The van der Waals surface area contributed by atoms with Gasteiger partial charge in [-0.2, -0.15) is 13.2 Å². The van der Waals surface area contributed by atoms with E-state index >= 15 is 0 Å². The number of carbonyl (C=O) groups excluding carboxylic acids is 2. The van der Waals surface area contributed by atoms with Crippen LogP contribution < -0.4 is 10.6 Å². The molecule has 1 aliphatic rings. The highest BCUT2D eigenvalue weighted by atomic mass is 19.4. The fourth-order valence-corrected chi connectivity index (χ4v) is 3.08. The lowest BCUT2D eigenvalue weighted by Crippen LogP contribution is -2.45. The Labute approximate surface area is 160 Å². The number of amides is 3. The molecule has 28 heavy (non-hydrogen) atoms. The second kappa shape index (κ2) is 8.33. The number of benzene rings is 2. The molecule has 0 unspecified atom stereocenters. The predicted molar refractivity (Wildman–Crippen MR) is 97.2 cm³/mol. The summed E-state index contributed by atoms with van der Waals surface area (Å²) in [4.78, 5) is 25.8. The van der Waals surface area contributed by atoms with Gasteiger partial charge in [0, 0.05) is 19.6 Å². The topological polar surface area (TPSA) is 61.4 Å². The molecule has 1 aliphatic heterocycles. The van der Waals surface area contributed by atoms with Crippen molar-refractivity contribution in [1.29, 1.82) is 0 Å². The van der Waals surface area contributed by atoms with E-state index < -0.39 is 17.8 Å². The number of alkyl halides is 3. The van der Waals surface area contributed by atoms with Crippen molar-refractivity contribution < 1.29 is 22.8 Å². The molecule has 0 atom stereocenters. The average Bonchev–Trinajstić information content (AvgIpc) is 2.69.